The Morgan fingerprint density at radius 3 is 2.60 bits per heavy atom. The van der Waals surface area contributed by atoms with Crippen LogP contribution in [-0.4, -0.2) is 45.2 Å². The molecule has 0 amide bonds. The zero-order valence-electron chi connectivity index (χ0n) is 9.03. The molecule has 1 N–H and O–H groups in total. The van der Waals surface area contributed by atoms with Crippen LogP contribution in [0.15, 0.2) is 0 Å². The largest absolute Gasteiger partial charge is 0.316 e. The van der Waals surface area contributed by atoms with Gasteiger partial charge < -0.3 is 5.32 Å². The van der Waals surface area contributed by atoms with Crippen LogP contribution in [-0.2, 0) is 10.0 Å². The summed E-state index contributed by atoms with van der Waals surface area (Å²) in [6, 6.07) is 0. The van der Waals surface area contributed by atoms with E-state index in [1.807, 2.05) is 0 Å². The van der Waals surface area contributed by atoms with Crippen molar-refractivity contribution in [2.24, 2.45) is 5.41 Å². The Morgan fingerprint density at radius 2 is 2.07 bits per heavy atom. The van der Waals surface area contributed by atoms with E-state index in [2.05, 4.69) is 5.32 Å². The molecule has 0 aromatic rings. The minimum atomic E-state index is -2.98. The van der Waals surface area contributed by atoms with Crippen molar-refractivity contribution in [1.82, 2.24) is 9.62 Å². The predicted molar refractivity (Wildman–Crippen MR) is 62.8 cm³/mol. The van der Waals surface area contributed by atoms with Gasteiger partial charge in [-0.3, -0.25) is 0 Å². The van der Waals surface area contributed by atoms with Crippen LogP contribution in [0.4, 0.5) is 0 Å². The Kier molecular flexibility index (Phi) is 4.03. The van der Waals surface area contributed by atoms with Gasteiger partial charge in [0, 0.05) is 19.6 Å². The minimum absolute atomic E-state index is 0. The van der Waals surface area contributed by atoms with Crippen LogP contribution in [0.1, 0.15) is 19.3 Å². The summed E-state index contributed by atoms with van der Waals surface area (Å²) in [7, 11) is -2.98. The second kappa shape index (κ2) is 4.57. The van der Waals surface area contributed by atoms with Crippen LogP contribution < -0.4 is 5.32 Å². The second-order valence-electron chi connectivity index (χ2n) is 4.63. The highest BCUT2D eigenvalue weighted by atomic mass is 35.5. The molecule has 0 saturated carbocycles. The molecule has 2 aliphatic rings. The number of sulfonamides is 1. The van der Waals surface area contributed by atoms with Crippen LogP contribution in [0.25, 0.3) is 0 Å². The van der Waals surface area contributed by atoms with Crippen molar-refractivity contribution in [2.45, 2.75) is 19.3 Å². The smallest absolute Gasteiger partial charge is 0.211 e. The molecule has 2 heterocycles. The van der Waals surface area contributed by atoms with Gasteiger partial charge in [0.25, 0.3) is 0 Å². The van der Waals surface area contributed by atoms with E-state index in [4.69, 9.17) is 0 Å². The summed E-state index contributed by atoms with van der Waals surface area (Å²) in [4.78, 5) is 0. The van der Waals surface area contributed by atoms with Crippen molar-refractivity contribution in [2.75, 3.05) is 32.4 Å². The average molecular weight is 255 g/mol. The highest BCUT2D eigenvalue weighted by molar-refractivity contribution is 7.88. The summed E-state index contributed by atoms with van der Waals surface area (Å²) in [5.74, 6) is 0. The highest BCUT2D eigenvalue weighted by Crippen LogP contribution is 2.36. The van der Waals surface area contributed by atoms with Gasteiger partial charge in [0.1, 0.15) is 0 Å². The molecule has 1 atom stereocenters. The van der Waals surface area contributed by atoms with Crippen LogP contribution >= 0.6 is 12.4 Å². The van der Waals surface area contributed by atoms with Gasteiger partial charge in [-0.15, -0.1) is 12.4 Å². The number of piperidine rings is 1. The molecule has 0 radical (unpaired) electrons. The third kappa shape index (κ3) is 2.84. The number of hydrogen-bond donors (Lipinski definition) is 1. The first kappa shape index (κ1) is 13.2. The fourth-order valence-electron chi connectivity index (χ4n) is 2.59. The van der Waals surface area contributed by atoms with Crippen molar-refractivity contribution in [1.29, 1.82) is 0 Å². The fraction of sp³-hybridized carbons (Fsp3) is 1.00. The summed E-state index contributed by atoms with van der Waals surface area (Å²) >= 11 is 0. The van der Waals surface area contributed by atoms with Gasteiger partial charge in [0.2, 0.25) is 10.0 Å². The number of rotatable bonds is 1. The van der Waals surface area contributed by atoms with Gasteiger partial charge >= 0.3 is 0 Å². The van der Waals surface area contributed by atoms with Crippen molar-refractivity contribution >= 4 is 22.4 Å². The van der Waals surface area contributed by atoms with E-state index in [-0.39, 0.29) is 17.8 Å². The van der Waals surface area contributed by atoms with Crippen LogP contribution in [0.3, 0.4) is 0 Å². The maximum atomic E-state index is 11.4. The fourth-order valence-corrected chi connectivity index (χ4v) is 3.56. The Bertz CT molecular complexity index is 312. The molecule has 2 rings (SSSR count). The van der Waals surface area contributed by atoms with Crippen molar-refractivity contribution in [3.63, 3.8) is 0 Å². The van der Waals surface area contributed by atoms with Crippen molar-refractivity contribution < 1.29 is 8.42 Å². The maximum Gasteiger partial charge on any atom is 0.211 e. The average Bonchev–Trinajstić information content (AvgIpc) is 2.52. The van der Waals surface area contributed by atoms with E-state index >= 15 is 0 Å². The standard InChI is InChI=1S/C9H18N2O2S.ClH/c1-14(12,13)11-6-2-3-9(8-11)4-5-10-7-9;/h10H,2-8H2,1H3;1H. The minimum Gasteiger partial charge on any atom is -0.316 e. The lowest BCUT2D eigenvalue weighted by molar-refractivity contribution is 0.167. The van der Waals surface area contributed by atoms with Crippen molar-refractivity contribution in [3.05, 3.63) is 0 Å². The quantitative estimate of drug-likeness (QED) is 0.739. The normalized spacial score (nSPS) is 32.9. The zero-order valence-corrected chi connectivity index (χ0v) is 10.7. The van der Waals surface area contributed by atoms with E-state index in [1.54, 1.807) is 4.31 Å². The van der Waals surface area contributed by atoms with E-state index < -0.39 is 10.0 Å². The molecule has 0 aliphatic carbocycles. The number of hydrogen-bond acceptors (Lipinski definition) is 3. The lowest BCUT2D eigenvalue weighted by atomic mass is 9.80. The first-order valence-electron chi connectivity index (χ1n) is 5.18. The molecule has 1 spiro atoms. The van der Waals surface area contributed by atoms with E-state index in [1.165, 1.54) is 12.7 Å². The first-order valence-corrected chi connectivity index (χ1v) is 7.03. The summed E-state index contributed by atoms with van der Waals surface area (Å²) in [6.45, 7) is 3.45. The van der Waals surface area contributed by atoms with Gasteiger partial charge in [-0.05, 0) is 31.2 Å². The van der Waals surface area contributed by atoms with E-state index in [0.29, 0.717) is 6.54 Å². The van der Waals surface area contributed by atoms with Gasteiger partial charge in [0.15, 0.2) is 0 Å². The third-order valence-electron chi connectivity index (χ3n) is 3.43. The molecule has 6 heteroatoms. The Labute approximate surface area is 97.9 Å². The highest BCUT2D eigenvalue weighted by Gasteiger charge is 2.40. The van der Waals surface area contributed by atoms with Crippen LogP contribution in [0.5, 0.6) is 0 Å². The predicted octanol–water partition coefficient (Wildman–Crippen LogP) is 0.443. The molecular weight excluding hydrogens is 236 g/mol. The Morgan fingerprint density at radius 1 is 1.33 bits per heavy atom. The molecule has 0 aromatic carbocycles. The summed E-state index contributed by atoms with van der Waals surface area (Å²) < 4.78 is 24.5. The van der Waals surface area contributed by atoms with E-state index in [9.17, 15) is 8.42 Å². The van der Waals surface area contributed by atoms with Gasteiger partial charge in [0.05, 0.1) is 6.26 Å². The molecule has 4 nitrogen and oxygen atoms in total. The topological polar surface area (TPSA) is 49.4 Å². The SMILES string of the molecule is CS(=O)(=O)N1CCCC2(CCNC2)C1.Cl. The Balaban J connectivity index is 0.00000112. The molecule has 2 saturated heterocycles. The molecule has 2 aliphatic heterocycles. The van der Waals surface area contributed by atoms with Crippen LogP contribution in [0.2, 0.25) is 0 Å². The summed E-state index contributed by atoms with van der Waals surface area (Å²) in [5, 5.41) is 3.33. The lowest BCUT2D eigenvalue weighted by Crippen LogP contribution is -2.46. The molecular formula is C9H19ClN2O2S. The second-order valence-corrected chi connectivity index (χ2v) is 6.61. The lowest BCUT2D eigenvalue weighted by Gasteiger charge is -2.38. The number of halogens is 1. The van der Waals surface area contributed by atoms with Gasteiger partial charge in [-0.1, -0.05) is 0 Å². The van der Waals surface area contributed by atoms with Gasteiger partial charge in [-0.25, -0.2) is 12.7 Å². The van der Waals surface area contributed by atoms with Crippen molar-refractivity contribution in [3.8, 4) is 0 Å². The number of nitrogens with zero attached hydrogens (tertiary/aromatic N) is 1. The Hall–Kier alpha value is 0.160. The molecule has 1 unspecified atom stereocenters. The molecule has 0 bridgehead atoms. The molecule has 90 valence electrons. The third-order valence-corrected chi connectivity index (χ3v) is 4.68. The summed E-state index contributed by atoms with van der Waals surface area (Å²) in [6.07, 6.45) is 4.62. The first-order chi connectivity index (χ1) is 6.52. The van der Waals surface area contributed by atoms with Crippen LogP contribution in [0, 0.1) is 5.41 Å². The molecule has 15 heavy (non-hydrogen) atoms. The monoisotopic (exact) mass is 254 g/mol. The van der Waals surface area contributed by atoms with E-state index in [0.717, 1.165) is 32.5 Å². The summed E-state index contributed by atoms with van der Waals surface area (Å²) in [5.41, 5.74) is 0.237. The van der Waals surface area contributed by atoms with Gasteiger partial charge in [-0.2, -0.15) is 0 Å². The molecule has 2 fully saturated rings. The number of nitrogens with one attached hydrogen (secondary N) is 1. The molecule has 0 aromatic heterocycles. The maximum absolute atomic E-state index is 11.4. The zero-order chi connectivity index (χ0) is 10.2.